The van der Waals surface area contributed by atoms with Crippen LogP contribution in [0.4, 0.5) is 17.1 Å². The number of allylic oxidation sites excluding steroid dienone is 2. The maximum Gasteiger partial charge on any atom is 0.269 e. The molecule has 2 heterocycles. The van der Waals surface area contributed by atoms with Crippen LogP contribution in [0.1, 0.15) is 25.0 Å². The summed E-state index contributed by atoms with van der Waals surface area (Å²) in [4.78, 5) is 18.5. The number of hydrogen-bond donors (Lipinski definition) is 0. The predicted molar refractivity (Wildman–Crippen MR) is 151 cm³/mol. The minimum absolute atomic E-state index is 0.0505. The highest BCUT2D eigenvalue weighted by molar-refractivity contribution is 7.07. The highest BCUT2D eigenvalue weighted by atomic mass is 32.1. The Kier molecular flexibility index (Phi) is 6.35. The Morgan fingerprint density at radius 2 is 1.78 bits per heavy atom. The van der Waals surface area contributed by atoms with Crippen LogP contribution >= 0.6 is 11.3 Å². The van der Waals surface area contributed by atoms with Gasteiger partial charge in [0.2, 0.25) is 4.80 Å². The number of nitro benzene ring substituents is 1. The molecule has 5 rings (SSSR count). The standard InChI is InChI=1S/C29H27N5O2S/c1-20-8-7-9-22(18-20)31-28-33(26(19-37-28)21-12-14-23(15-13-21)34(35)36)30-17-16-27-29(2,3)24-10-5-6-11-25(24)32(27)4/h5-19H,1-4H3. The molecule has 1 aliphatic heterocycles. The summed E-state index contributed by atoms with van der Waals surface area (Å²) in [6.07, 6.45) is 3.84. The summed E-state index contributed by atoms with van der Waals surface area (Å²) >= 11 is 1.47. The maximum atomic E-state index is 11.1. The SMILES string of the molecule is Cc1cccc(N=c2scc(-c3ccc([N+](=O)[O-])cc3)n2N=CC=C2N(C)c3ccccc3C2(C)C)c1. The normalized spacial score (nSPS) is 16.1. The van der Waals surface area contributed by atoms with Crippen molar-refractivity contribution in [2.24, 2.45) is 10.1 Å². The highest BCUT2D eigenvalue weighted by Gasteiger charge is 2.37. The Morgan fingerprint density at radius 3 is 2.49 bits per heavy atom. The van der Waals surface area contributed by atoms with E-state index in [1.807, 2.05) is 42.6 Å². The molecular weight excluding hydrogens is 482 g/mol. The molecule has 0 amide bonds. The molecule has 0 saturated carbocycles. The Hall–Kier alpha value is -4.30. The van der Waals surface area contributed by atoms with Gasteiger partial charge >= 0.3 is 0 Å². The number of thiazole rings is 1. The molecule has 0 atom stereocenters. The second-order valence-corrected chi connectivity index (χ2v) is 10.3. The van der Waals surface area contributed by atoms with Crippen molar-refractivity contribution in [2.45, 2.75) is 26.2 Å². The lowest BCUT2D eigenvalue weighted by Gasteiger charge is -2.23. The third kappa shape index (κ3) is 4.63. The topological polar surface area (TPSA) is 76.0 Å². The molecule has 4 aromatic rings. The lowest BCUT2D eigenvalue weighted by Crippen LogP contribution is -2.23. The summed E-state index contributed by atoms with van der Waals surface area (Å²) in [5.74, 6) is 0. The second kappa shape index (κ2) is 9.63. The maximum absolute atomic E-state index is 11.1. The predicted octanol–water partition coefficient (Wildman–Crippen LogP) is 6.81. The number of aromatic nitrogens is 1. The van der Waals surface area contributed by atoms with Gasteiger partial charge in [0.25, 0.3) is 5.69 Å². The van der Waals surface area contributed by atoms with E-state index in [4.69, 9.17) is 10.1 Å². The van der Waals surface area contributed by atoms with E-state index in [-0.39, 0.29) is 11.1 Å². The Labute approximate surface area is 219 Å². The minimum atomic E-state index is -0.397. The number of anilines is 1. The van der Waals surface area contributed by atoms with Gasteiger partial charge in [0, 0.05) is 53.1 Å². The average Bonchev–Trinajstić information content (AvgIpc) is 3.36. The summed E-state index contributed by atoms with van der Waals surface area (Å²) in [6.45, 7) is 6.47. The summed E-state index contributed by atoms with van der Waals surface area (Å²) in [5.41, 5.74) is 7.10. The zero-order valence-electron chi connectivity index (χ0n) is 21.1. The van der Waals surface area contributed by atoms with Gasteiger partial charge < -0.3 is 4.90 Å². The van der Waals surface area contributed by atoms with E-state index in [0.717, 1.165) is 28.2 Å². The number of nitro groups is 1. The molecule has 0 N–H and O–H groups in total. The Bertz CT molecular complexity index is 1610. The van der Waals surface area contributed by atoms with Crippen molar-refractivity contribution in [1.82, 2.24) is 4.68 Å². The molecule has 3 aromatic carbocycles. The first-order chi connectivity index (χ1) is 17.8. The first-order valence-electron chi connectivity index (χ1n) is 11.9. The van der Waals surface area contributed by atoms with Gasteiger partial charge in [-0.05, 0) is 54.5 Å². The van der Waals surface area contributed by atoms with Crippen LogP contribution in [0.3, 0.4) is 0 Å². The van der Waals surface area contributed by atoms with Crippen molar-refractivity contribution >= 4 is 34.6 Å². The number of hydrogen-bond acceptors (Lipinski definition) is 6. The molecule has 8 heteroatoms. The molecular formula is C29H27N5O2S. The number of para-hydroxylation sites is 1. The average molecular weight is 510 g/mol. The molecule has 0 spiro atoms. The van der Waals surface area contributed by atoms with Crippen LogP contribution in [0, 0.1) is 17.0 Å². The first kappa shape index (κ1) is 24.4. The lowest BCUT2D eigenvalue weighted by molar-refractivity contribution is -0.384. The van der Waals surface area contributed by atoms with Crippen LogP contribution in [-0.2, 0) is 5.41 Å². The van der Waals surface area contributed by atoms with Gasteiger partial charge in [-0.2, -0.15) is 5.10 Å². The van der Waals surface area contributed by atoms with Gasteiger partial charge in [-0.15, -0.1) is 11.3 Å². The Balaban J connectivity index is 1.59. The van der Waals surface area contributed by atoms with Crippen LogP contribution in [0.25, 0.3) is 11.3 Å². The van der Waals surface area contributed by atoms with Crippen LogP contribution in [-0.4, -0.2) is 22.9 Å². The van der Waals surface area contributed by atoms with Crippen molar-refractivity contribution in [2.75, 3.05) is 11.9 Å². The fraction of sp³-hybridized carbons (Fsp3) is 0.172. The summed E-state index contributed by atoms with van der Waals surface area (Å²) in [6, 6.07) is 22.9. The number of likely N-dealkylation sites (N-methyl/N-ethyl adjacent to an activating group) is 1. The first-order valence-corrected chi connectivity index (χ1v) is 12.8. The monoisotopic (exact) mass is 509 g/mol. The van der Waals surface area contributed by atoms with Gasteiger partial charge in [0.05, 0.1) is 16.3 Å². The van der Waals surface area contributed by atoms with E-state index in [9.17, 15) is 10.1 Å². The fourth-order valence-corrected chi connectivity index (χ4v) is 5.58. The zero-order valence-corrected chi connectivity index (χ0v) is 21.9. The van der Waals surface area contributed by atoms with E-state index >= 15 is 0 Å². The van der Waals surface area contributed by atoms with Gasteiger partial charge in [-0.1, -0.05) is 44.2 Å². The largest absolute Gasteiger partial charge is 0.347 e. The molecule has 0 saturated heterocycles. The lowest BCUT2D eigenvalue weighted by atomic mass is 9.84. The molecule has 0 radical (unpaired) electrons. The van der Waals surface area contributed by atoms with E-state index < -0.39 is 4.92 Å². The smallest absolute Gasteiger partial charge is 0.269 e. The summed E-state index contributed by atoms with van der Waals surface area (Å²) in [5, 5.41) is 17.9. The molecule has 1 aromatic heterocycles. The quantitative estimate of drug-likeness (QED) is 0.168. The van der Waals surface area contributed by atoms with Gasteiger partial charge in [-0.3, -0.25) is 10.1 Å². The number of aryl methyl sites for hydroxylation is 1. The third-order valence-corrected chi connectivity index (χ3v) is 7.46. The van der Waals surface area contributed by atoms with Crippen molar-refractivity contribution in [1.29, 1.82) is 0 Å². The molecule has 0 aliphatic carbocycles. The molecule has 37 heavy (non-hydrogen) atoms. The van der Waals surface area contributed by atoms with Gasteiger partial charge in [0.1, 0.15) is 0 Å². The van der Waals surface area contributed by atoms with Crippen LogP contribution in [0.2, 0.25) is 0 Å². The molecule has 7 nitrogen and oxygen atoms in total. The van der Waals surface area contributed by atoms with Crippen molar-refractivity contribution in [3.05, 3.63) is 116 Å². The molecule has 1 aliphatic rings. The fourth-order valence-electron chi connectivity index (χ4n) is 4.72. The number of nitrogens with zero attached hydrogens (tertiary/aromatic N) is 5. The van der Waals surface area contributed by atoms with E-state index in [1.165, 1.54) is 34.7 Å². The minimum Gasteiger partial charge on any atom is -0.347 e. The van der Waals surface area contributed by atoms with Crippen molar-refractivity contribution in [3.8, 4) is 11.3 Å². The van der Waals surface area contributed by atoms with Gasteiger partial charge in [0.15, 0.2) is 0 Å². The van der Waals surface area contributed by atoms with Crippen LogP contribution < -0.4 is 9.70 Å². The van der Waals surface area contributed by atoms with Crippen molar-refractivity contribution < 1.29 is 4.92 Å². The molecule has 186 valence electrons. The van der Waals surface area contributed by atoms with Gasteiger partial charge in [-0.25, -0.2) is 9.67 Å². The number of rotatable bonds is 5. The van der Waals surface area contributed by atoms with Crippen LogP contribution in [0.15, 0.2) is 100 Å². The van der Waals surface area contributed by atoms with E-state index in [1.54, 1.807) is 23.0 Å². The molecule has 0 bridgehead atoms. The Morgan fingerprint density at radius 1 is 1.03 bits per heavy atom. The second-order valence-electron chi connectivity index (χ2n) is 9.49. The zero-order chi connectivity index (χ0) is 26.2. The van der Waals surface area contributed by atoms with E-state index in [2.05, 4.69) is 50.1 Å². The third-order valence-electron chi connectivity index (χ3n) is 6.64. The number of benzene rings is 3. The number of non-ortho nitro benzene ring substituents is 1. The summed E-state index contributed by atoms with van der Waals surface area (Å²) in [7, 11) is 2.08. The van der Waals surface area contributed by atoms with Crippen molar-refractivity contribution in [3.63, 3.8) is 0 Å². The number of fused-ring (bicyclic) bond motifs is 1. The highest BCUT2D eigenvalue weighted by Crippen LogP contribution is 2.46. The summed E-state index contributed by atoms with van der Waals surface area (Å²) < 4.78 is 1.79. The van der Waals surface area contributed by atoms with Crippen LogP contribution in [0.5, 0.6) is 0 Å². The molecule has 0 fully saturated rings. The van der Waals surface area contributed by atoms with E-state index in [0.29, 0.717) is 4.80 Å². The molecule has 0 unspecified atom stereocenters.